The normalized spacial score (nSPS) is 12.1. The summed E-state index contributed by atoms with van der Waals surface area (Å²) >= 11 is 0. The number of imidazole rings is 2. The Morgan fingerprint density at radius 2 is 0.838 bits per heavy atom. The van der Waals surface area contributed by atoms with Crippen LogP contribution in [0, 0.1) is 0 Å². The molecule has 2 aromatic heterocycles. The van der Waals surface area contributed by atoms with Gasteiger partial charge in [0.05, 0.1) is 14.1 Å². The molecule has 0 amide bonds. The lowest BCUT2D eigenvalue weighted by Crippen LogP contribution is -2.38. The van der Waals surface area contributed by atoms with Crippen LogP contribution in [-0.4, -0.2) is 9.13 Å². The number of hydrogen-bond donors (Lipinski definition) is 0. The molecule has 37 heavy (non-hydrogen) atoms. The van der Waals surface area contributed by atoms with Crippen molar-refractivity contribution in [1.29, 1.82) is 0 Å². The number of rotatable bonds is 8. The van der Waals surface area contributed by atoms with Gasteiger partial charge in [-0.3, -0.25) is 0 Å². The SMILES string of the molecule is CC(C)c1cccc(C(C)C)c1-n1cc[n+](C)c1Cc1n(-c2c(C(C)C)cccc2C(C)C)cc[n+]1C. The Balaban J connectivity index is 1.93. The third-order valence-corrected chi connectivity index (χ3v) is 7.73. The first-order chi connectivity index (χ1) is 17.5. The summed E-state index contributed by atoms with van der Waals surface area (Å²) in [5.41, 5.74) is 8.28. The highest BCUT2D eigenvalue weighted by molar-refractivity contribution is 5.53. The molecule has 196 valence electrons. The molecule has 0 unspecified atom stereocenters. The summed E-state index contributed by atoms with van der Waals surface area (Å²) in [6, 6.07) is 13.6. The van der Waals surface area contributed by atoms with Gasteiger partial charge in [-0.05, 0) is 23.7 Å². The van der Waals surface area contributed by atoms with Crippen molar-refractivity contribution in [3.63, 3.8) is 0 Å². The average Bonchev–Trinajstić information content (AvgIpc) is 3.40. The van der Waals surface area contributed by atoms with Crippen molar-refractivity contribution < 1.29 is 9.13 Å². The van der Waals surface area contributed by atoms with Gasteiger partial charge < -0.3 is 0 Å². The van der Waals surface area contributed by atoms with E-state index in [4.69, 9.17) is 0 Å². The molecule has 0 aliphatic carbocycles. The Hall–Kier alpha value is -3.14. The van der Waals surface area contributed by atoms with Crippen molar-refractivity contribution in [2.24, 2.45) is 14.1 Å². The molecule has 0 saturated carbocycles. The minimum atomic E-state index is 0.445. The largest absolute Gasteiger partial charge is 0.273 e. The van der Waals surface area contributed by atoms with E-state index in [9.17, 15) is 0 Å². The summed E-state index contributed by atoms with van der Waals surface area (Å²) < 4.78 is 9.46. The van der Waals surface area contributed by atoms with Gasteiger partial charge in [0, 0.05) is 22.3 Å². The fourth-order valence-electron chi connectivity index (χ4n) is 5.57. The second-order valence-electron chi connectivity index (χ2n) is 11.8. The van der Waals surface area contributed by atoms with Gasteiger partial charge in [-0.2, -0.15) is 9.13 Å². The van der Waals surface area contributed by atoms with E-state index in [1.165, 1.54) is 45.3 Å². The van der Waals surface area contributed by atoms with Crippen molar-refractivity contribution in [1.82, 2.24) is 9.13 Å². The van der Waals surface area contributed by atoms with E-state index in [2.05, 4.69) is 149 Å². The Morgan fingerprint density at radius 1 is 0.541 bits per heavy atom. The highest BCUT2D eigenvalue weighted by Gasteiger charge is 2.31. The van der Waals surface area contributed by atoms with Gasteiger partial charge >= 0.3 is 0 Å². The molecular weight excluding hydrogens is 452 g/mol. The van der Waals surface area contributed by atoms with Gasteiger partial charge in [0.1, 0.15) is 36.2 Å². The van der Waals surface area contributed by atoms with Crippen LogP contribution in [-0.2, 0) is 20.5 Å². The lowest BCUT2D eigenvalue weighted by molar-refractivity contribution is -0.690. The van der Waals surface area contributed by atoms with Crippen molar-refractivity contribution in [2.45, 2.75) is 85.5 Å². The van der Waals surface area contributed by atoms with Crippen LogP contribution >= 0.6 is 0 Å². The van der Waals surface area contributed by atoms with Crippen LogP contribution in [0.25, 0.3) is 11.4 Å². The molecule has 4 rings (SSSR count). The summed E-state index contributed by atoms with van der Waals surface area (Å²) in [4.78, 5) is 0. The zero-order valence-electron chi connectivity index (χ0n) is 24.6. The highest BCUT2D eigenvalue weighted by Crippen LogP contribution is 2.34. The Morgan fingerprint density at radius 3 is 1.11 bits per heavy atom. The smallest absolute Gasteiger partial charge is 0.236 e. The molecule has 4 aromatic rings. The topological polar surface area (TPSA) is 17.6 Å². The molecule has 0 aliphatic rings. The first-order valence-corrected chi connectivity index (χ1v) is 13.9. The molecule has 0 atom stereocenters. The molecule has 0 bridgehead atoms. The number of aryl methyl sites for hydroxylation is 2. The van der Waals surface area contributed by atoms with E-state index < -0.39 is 0 Å². The second kappa shape index (κ2) is 10.7. The van der Waals surface area contributed by atoms with Crippen LogP contribution in [0.2, 0.25) is 0 Å². The predicted octanol–water partition coefficient (Wildman–Crippen LogP) is 7.00. The molecule has 0 fully saturated rings. The minimum Gasteiger partial charge on any atom is -0.236 e. The first kappa shape index (κ1) is 26.9. The summed E-state index contributed by atoms with van der Waals surface area (Å²) in [5.74, 6) is 4.33. The van der Waals surface area contributed by atoms with Crippen LogP contribution in [0.4, 0.5) is 0 Å². The van der Waals surface area contributed by atoms with Gasteiger partial charge in [0.25, 0.3) is 11.6 Å². The zero-order valence-corrected chi connectivity index (χ0v) is 24.6. The zero-order chi connectivity index (χ0) is 27.0. The average molecular weight is 499 g/mol. The highest BCUT2D eigenvalue weighted by atomic mass is 15.2. The number of nitrogens with zero attached hydrogens (tertiary/aromatic N) is 4. The van der Waals surface area contributed by atoms with E-state index in [1.807, 2.05) is 0 Å². The Labute approximate surface area is 224 Å². The van der Waals surface area contributed by atoms with E-state index in [0.29, 0.717) is 23.7 Å². The van der Waals surface area contributed by atoms with Gasteiger partial charge in [-0.15, -0.1) is 0 Å². The Bertz CT molecular complexity index is 1220. The lowest BCUT2D eigenvalue weighted by Gasteiger charge is -2.18. The summed E-state index contributed by atoms with van der Waals surface area (Å²) in [6.07, 6.45) is 9.71. The van der Waals surface area contributed by atoms with E-state index in [1.54, 1.807) is 0 Å². The van der Waals surface area contributed by atoms with E-state index >= 15 is 0 Å². The molecule has 4 heteroatoms. The summed E-state index contributed by atoms with van der Waals surface area (Å²) in [5, 5.41) is 0. The Kier molecular flexibility index (Phi) is 7.77. The van der Waals surface area contributed by atoms with Crippen LogP contribution in [0.5, 0.6) is 0 Å². The van der Waals surface area contributed by atoms with Crippen LogP contribution in [0.1, 0.15) is 113 Å². The maximum absolute atomic E-state index is 2.44. The number of aromatic nitrogens is 4. The molecule has 0 saturated heterocycles. The van der Waals surface area contributed by atoms with Crippen molar-refractivity contribution in [3.05, 3.63) is 95.1 Å². The van der Waals surface area contributed by atoms with Crippen LogP contribution in [0.3, 0.4) is 0 Å². The van der Waals surface area contributed by atoms with E-state index in [-0.39, 0.29) is 0 Å². The third kappa shape index (κ3) is 5.03. The first-order valence-electron chi connectivity index (χ1n) is 13.9. The second-order valence-corrected chi connectivity index (χ2v) is 11.8. The van der Waals surface area contributed by atoms with Gasteiger partial charge in [0.15, 0.2) is 6.42 Å². The molecular formula is C33H46N4+2. The van der Waals surface area contributed by atoms with Crippen molar-refractivity contribution >= 4 is 0 Å². The monoisotopic (exact) mass is 498 g/mol. The molecule has 0 radical (unpaired) electrons. The maximum Gasteiger partial charge on any atom is 0.273 e. The molecule has 0 spiro atoms. The standard InChI is InChI=1S/C33H46N4/c1-22(2)26-13-11-14-27(23(3)4)32(26)36-19-17-34(9)30(36)21-31-35(10)18-20-37(31)33-28(24(5)6)15-12-16-29(33)25(7)8/h11-20,22-25H,21H2,1-10H3/q+2. The summed E-state index contributed by atoms with van der Waals surface area (Å²) in [7, 11) is 4.35. The predicted molar refractivity (Wildman–Crippen MR) is 153 cm³/mol. The molecule has 4 nitrogen and oxygen atoms in total. The van der Waals surface area contributed by atoms with Crippen molar-refractivity contribution in [2.75, 3.05) is 0 Å². The molecule has 0 aliphatic heterocycles. The number of para-hydroxylation sites is 2. The van der Waals surface area contributed by atoms with Crippen LogP contribution in [0.15, 0.2) is 61.2 Å². The quantitative estimate of drug-likeness (QED) is 0.233. The fraction of sp³-hybridized carbons (Fsp3) is 0.455. The third-order valence-electron chi connectivity index (χ3n) is 7.73. The lowest BCUT2D eigenvalue weighted by atomic mass is 9.92. The van der Waals surface area contributed by atoms with E-state index in [0.717, 1.165) is 6.42 Å². The van der Waals surface area contributed by atoms with Gasteiger partial charge in [0.2, 0.25) is 0 Å². The van der Waals surface area contributed by atoms with Crippen molar-refractivity contribution in [3.8, 4) is 11.4 Å². The summed E-state index contributed by atoms with van der Waals surface area (Å²) in [6.45, 7) is 18.4. The van der Waals surface area contributed by atoms with Gasteiger partial charge in [-0.25, -0.2) is 9.13 Å². The maximum atomic E-state index is 2.44. The molecule has 2 aromatic carbocycles. The number of hydrogen-bond acceptors (Lipinski definition) is 0. The van der Waals surface area contributed by atoms with Gasteiger partial charge in [-0.1, -0.05) is 91.8 Å². The molecule has 2 heterocycles. The minimum absolute atomic E-state index is 0.445. The molecule has 0 N–H and O–H groups in total. The number of benzene rings is 2. The van der Waals surface area contributed by atoms with Crippen LogP contribution < -0.4 is 9.13 Å². The fourth-order valence-corrected chi connectivity index (χ4v) is 5.57.